The van der Waals surface area contributed by atoms with E-state index in [1.54, 1.807) is 12.1 Å². The van der Waals surface area contributed by atoms with Gasteiger partial charge in [-0.3, -0.25) is 10.1 Å². The fraction of sp³-hybridized carbons (Fsp3) is 0.600. The van der Waals surface area contributed by atoms with Gasteiger partial charge in [-0.15, -0.1) is 0 Å². The molecule has 0 bridgehead atoms. The summed E-state index contributed by atoms with van der Waals surface area (Å²) in [5, 5.41) is 14.8. The van der Waals surface area contributed by atoms with Gasteiger partial charge in [-0.2, -0.15) is 0 Å². The van der Waals surface area contributed by atoms with E-state index in [1.165, 1.54) is 12.5 Å². The maximum Gasteiger partial charge on any atom is 0.275 e. The van der Waals surface area contributed by atoms with Crippen LogP contribution in [0.15, 0.2) is 18.2 Å². The lowest BCUT2D eigenvalue weighted by Gasteiger charge is -2.20. The summed E-state index contributed by atoms with van der Waals surface area (Å²) < 4.78 is 0. The fourth-order valence-corrected chi connectivity index (χ4v) is 2.93. The molecule has 0 radical (unpaired) electrons. The molecule has 1 atom stereocenters. The number of benzene rings is 1. The van der Waals surface area contributed by atoms with Gasteiger partial charge in [0.15, 0.2) is 0 Å². The molecular formula is C15H22ClN3O2. The SMILES string of the molecule is CC(C)N1CCC(CNCc2ccc(Cl)cc2[N+](=O)[O-])C1. The van der Waals surface area contributed by atoms with E-state index < -0.39 is 0 Å². The second kappa shape index (κ2) is 7.20. The van der Waals surface area contributed by atoms with E-state index >= 15 is 0 Å². The van der Waals surface area contributed by atoms with Gasteiger partial charge in [0, 0.05) is 35.8 Å². The summed E-state index contributed by atoms with van der Waals surface area (Å²) in [4.78, 5) is 13.1. The Morgan fingerprint density at radius 3 is 2.90 bits per heavy atom. The molecule has 0 amide bonds. The topological polar surface area (TPSA) is 58.4 Å². The van der Waals surface area contributed by atoms with E-state index in [0.29, 0.717) is 29.1 Å². The Balaban J connectivity index is 1.86. The van der Waals surface area contributed by atoms with E-state index in [2.05, 4.69) is 24.1 Å². The molecular weight excluding hydrogens is 290 g/mol. The molecule has 1 aliphatic rings. The number of rotatable bonds is 6. The number of nitro groups is 1. The number of nitrogens with one attached hydrogen (secondary N) is 1. The molecule has 1 fully saturated rings. The summed E-state index contributed by atoms with van der Waals surface area (Å²) in [5.41, 5.74) is 0.772. The molecule has 0 aromatic heterocycles. The van der Waals surface area contributed by atoms with Crippen molar-refractivity contribution < 1.29 is 4.92 Å². The second-order valence-electron chi connectivity index (χ2n) is 5.90. The standard InChI is InChI=1S/C15H22ClN3O2/c1-11(2)18-6-5-12(10-18)8-17-9-13-3-4-14(16)7-15(13)19(20)21/h3-4,7,11-12,17H,5-6,8-10H2,1-2H3. The Bertz CT molecular complexity index is 508. The molecule has 1 aromatic carbocycles. The summed E-state index contributed by atoms with van der Waals surface area (Å²) in [5.74, 6) is 0.624. The maximum absolute atomic E-state index is 11.0. The van der Waals surface area contributed by atoms with Crippen molar-refractivity contribution in [1.29, 1.82) is 0 Å². The number of nitro benzene ring substituents is 1. The average molecular weight is 312 g/mol. The molecule has 1 aromatic rings. The summed E-state index contributed by atoms with van der Waals surface area (Å²) >= 11 is 5.81. The number of likely N-dealkylation sites (tertiary alicyclic amines) is 1. The highest BCUT2D eigenvalue weighted by atomic mass is 35.5. The highest BCUT2D eigenvalue weighted by Gasteiger charge is 2.24. The van der Waals surface area contributed by atoms with Crippen LogP contribution in [0.2, 0.25) is 5.02 Å². The molecule has 1 N–H and O–H groups in total. The zero-order valence-electron chi connectivity index (χ0n) is 12.5. The normalized spacial score (nSPS) is 19.3. The van der Waals surface area contributed by atoms with Crippen LogP contribution in [0.25, 0.3) is 0 Å². The van der Waals surface area contributed by atoms with Gasteiger partial charge >= 0.3 is 0 Å². The highest BCUT2D eigenvalue weighted by molar-refractivity contribution is 6.30. The number of nitrogens with zero attached hydrogens (tertiary/aromatic N) is 2. The Labute approximate surface area is 130 Å². The molecule has 2 rings (SSSR count). The minimum Gasteiger partial charge on any atom is -0.312 e. The van der Waals surface area contributed by atoms with Crippen molar-refractivity contribution in [3.8, 4) is 0 Å². The minimum atomic E-state index is -0.376. The van der Waals surface area contributed by atoms with Crippen LogP contribution in [-0.4, -0.2) is 35.5 Å². The van der Waals surface area contributed by atoms with E-state index in [9.17, 15) is 10.1 Å². The molecule has 6 heteroatoms. The van der Waals surface area contributed by atoms with Gasteiger partial charge < -0.3 is 10.2 Å². The third-order valence-corrected chi connectivity index (χ3v) is 4.28. The van der Waals surface area contributed by atoms with Crippen LogP contribution >= 0.6 is 11.6 Å². The summed E-state index contributed by atoms with van der Waals surface area (Å²) in [6.07, 6.45) is 1.19. The van der Waals surface area contributed by atoms with E-state index in [-0.39, 0.29) is 10.6 Å². The van der Waals surface area contributed by atoms with Crippen molar-refractivity contribution in [2.45, 2.75) is 32.9 Å². The van der Waals surface area contributed by atoms with Crippen molar-refractivity contribution in [3.63, 3.8) is 0 Å². The lowest BCUT2D eigenvalue weighted by atomic mass is 10.1. The first-order chi connectivity index (χ1) is 9.97. The average Bonchev–Trinajstić information content (AvgIpc) is 2.89. The van der Waals surface area contributed by atoms with Gasteiger partial charge in [0.2, 0.25) is 0 Å². The van der Waals surface area contributed by atoms with Crippen LogP contribution in [0, 0.1) is 16.0 Å². The number of hydrogen-bond acceptors (Lipinski definition) is 4. The van der Waals surface area contributed by atoms with Crippen LogP contribution in [0.1, 0.15) is 25.8 Å². The van der Waals surface area contributed by atoms with Gasteiger partial charge in [0.05, 0.1) is 4.92 Å². The minimum absolute atomic E-state index is 0.0882. The van der Waals surface area contributed by atoms with E-state index in [0.717, 1.165) is 19.6 Å². The molecule has 0 saturated carbocycles. The summed E-state index contributed by atoms with van der Waals surface area (Å²) in [7, 11) is 0. The molecule has 5 nitrogen and oxygen atoms in total. The largest absolute Gasteiger partial charge is 0.312 e. The number of halogens is 1. The third kappa shape index (κ3) is 4.40. The maximum atomic E-state index is 11.0. The summed E-state index contributed by atoms with van der Waals surface area (Å²) in [6, 6.07) is 5.42. The smallest absolute Gasteiger partial charge is 0.275 e. The van der Waals surface area contributed by atoms with Gasteiger partial charge in [-0.05, 0) is 51.4 Å². The first-order valence-corrected chi connectivity index (χ1v) is 7.72. The molecule has 21 heavy (non-hydrogen) atoms. The Morgan fingerprint density at radius 2 is 2.29 bits per heavy atom. The lowest BCUT2D eigenvalue weighted by molar-refractivity contribution is -0.385. The molecule has 1 aliphatic heterocycles. The zero-order chi connectivity index (χ0) is 15.4. The Hall–Kier alpha value is -1.17. The van der Waals surface area contributed by atoms with Gasteiger partial charge in [-0.1, -0.05) is 11.6 Å². The predicted octanol–water partition coefficient (Wildman–Crippen LogP) is 3.07. The van der Waals surface area contributed by atoms with Crippen LogP contribution in [0.5, 0.6) is 0 Å². The monoisotopic (exact) mass is 311 g/mol. The fourth-order valence-electron chi connectivity index (χ4n) is 2.77. The molecule has 1 saturated heterocycles. The first-order valence-electron chi connectivity index (χ1n) is 7.35. The van der Waals surface area contributed by atoms with Crippen molar-refractivity contribution in [2.75, 3.05) is 19.6 Å². The Morgan fingerprint density at radius 1 is 1.52 bits per heavy atom. The third-order valence-electron chi connectivity index (χ3n) is 4.04. The summed E-state index contributed by atoms with van der Waals surface area (Å²) in [6.45, 7) is 8.08. The molecule has 1 heterocycles. The molecule has 116 valence electrons. The highest BCUT2D eigenvalue weighted by Crippen LogP contribution is 2.23. The quantitative estimate of drug-likeness (QED) is 0.648. The molecule has 0 spiro atoms. The molecule has 0 aliphatic carbocycles. The van der Waals surface area contributed by atoms with Crippen molar-refractivity contribution in [2.24, 2.45) is 5.92 Å². The van der Waals surface area contributed by atoms with Crippen LogP contribution < -0.4 is 5.32 Å². The van der Waals surface area contributed by atoms with Crippen LogP contribution in [0.3, 0.4) is 0 Å². The molecule has 1 unspecified atom stereocenters. The van der Waals surface area contributed by atoms with Crippen LogP contribution in [0.4, 0.5) is 5.69 Å². The van der Waals surface area contributed by atoms with Crippen molar-refractivity contribution >= 4 is 17.3 Å². The second-order valence-corrected chi connectivity index (χ2v) is 6.34. The lowest BCUT2D eigenvalue weighted by Crippen LogP contribution is -2.30. The van der Waals surface area contributed by atoms with Crippen molar-refractivity contribution in [1.82, 2.24) is 10.2 Å². The van der Waals surface area contributed by atoms with Crippen LogP contribution in [-0.2, 0) is 6.54 Å². The van der Waals surface area contributed by atoms with Gasteiger partial charge in [0.1, 0.15) is 0 Å². The van der Waals surface area contributed by atoms with Gasteiger partial charge in [0.25, 0.3) is 5.69 Å². The first kappa shape index (κ1) is 16.2. The number of hydrogen-bond donors (Lipinski definition) is 1. The van der Waals surface area contributed by atoms with E-state index in [1.807, 2.05) is 0 Å². The zero-order valence-corrected chi connectivity index (χ0v) is 13.3. The van der Waals surface area contributed by atoms with Crippen molar-refractivity contribution in [3.05, 3.63) is 38.9 Å². The van der Waals surface area contributed by atoms with Gasteiger partial charge in [-0.25, -0.2) is 0 Å². The Kier molecular flexibility index (Phi) is 5.56. The predicted molar refractivity (Wildman–Crippen MR) is 84.6 cm³/mol. The van der Waals surface area contributed by atoms with E-state index in [4.69, 9.17) is 11.6 Å².